The van der Waals surface area contributed by atoms with Gasteiger partial charge in [0.15, 0.2) is 0 Å². The summed E-state index contributed by atoms with van der Waals surface area (Å²) in [6.45, 7) is 0. The Bertz CT molecular complexity index is 1060. The molecule has 128 valence electrons. The van der Waals surface area contributed by atoms with Gasteiger partial charge in [-0.05, 0) is 42.0 Å². The van der Waals surface area contributed by atoms with Crippen LogP contribution < -0.4 is 10.5 Å². The number of aromatic nitrogens is 2. The number of benzene rings is 2. The van der Waals surface area contributed by atoms with Gasteiger partial charge in [-0.2, -0.15) is 5.26 Å². The summed E-state index contributed by atoms with van der Waals surface area (Å²) in [5.41, 5.74) is 8.67. The molecule has 0 saturated carbocycles. The Morgan fingerprint density at radius 1 is 1.23 bits per heavy atom. The lowest BCUT2D eigenvalue weighted by Gasteiger charge is -2.24. The van der Waals surface area contributed by atoms with Crippen molar-refractivity contribution in [3.63, 3.8) is 0 Å². The third-order valence-electron chi connectivity index (χ3n) is 4.28. The summed E-state index contributed by atoms with van der Waals surface area (Å²) < 4.78 is 18.8. The van der Waals surface area contributed by atoms with Crippen LogP contribution in [-0.2, 0) is 0 Å². The third kappa shape index (κ3) is 2.45. The van der Waals surface area contributed by atoms with Crippen molar-refractivity contribution in [3.8, 4) is 29.0 Å². The number of phenolic OH excluding ortho intramolecular Hbond substituents is 1. The minimum atomic E-state index is -0.574. The number of nitriles is 1. The molecule has 1 atom stereocenters. The molecule has 1 aromatic heterocycles. The number of aromatic hydroxyl groups is 1. The molecule has 1 aliphatic heterocycles. The Labute approximate surface area is 148 Å². The summed E-state index contributed by atoms with van der Waals surface area (Å²) in [6.07, 6.45) is 0. The Morgan fingerprint density at radius 2 is 2.00 bits per heavy atom. The second-order valence-electron chi connectivity index (χ2n) is 5.84. The molecule has 0 aliphatic carbocycles. The van der Waals surface area contributed by atoms with Crippen molar-refractivity contribution in [2.75, 3.05) is 0 Å². The molecule has 2 aromatic carbocycles. The molecule has 0 amide bonds. The van der Waals surface area contributed by atoms with Gasteiger partial charge in [0.1, 0.15) is 23.2 Å². The second-order valence-corrected chi connectivity index (χ2v) is 5.84. The van der Waals surface area contributed by atoms with Gasteiger partial charge in [0.05, 0.1) is 17.2 Å². The van der Waals surface area contributed by atoms with Gasteiger partial charge in [0.25, 0.3) is 0 Å². The topological polar surface area (TPSA) is 108 Å². The zero-order valence-corrected chi connectivity index (χ0v) is 13.4. The van der Waals surface area contributed by atoms with E-state index in [2.05, 4.69) is 16.3 Å². The summed E-state index contributed by atoms with van der Waals surface area (Å²) in [4.78, 5) is 0. The predicted octanol–water partition coefficient (Wildman–Crippen LogP) is 3.14. The van der Waals surface area contributed by atoms with E-state index < -0.39 is 5.92 Å². The highest BCUT2D eigenvalue weighted by atomic mass is 19.1. The SMILES string of the molecule is N#CC1=C(N)Oc2n[nH]c(-c3ccc(F)cc3)c2C1c1cccc(O)c1. The van der Waals surface area contributed by atoms with E-state index in [0.717, 1.165) is 0 Å². The van der Waals surface area contributed by atoms with Gasteiger partial charge >= 0.3 is 0 Å². The number of nitrogens with one attached hydrogen (secondary N) is 1. The van der Waals surface area contributed by atoms with Crippen LogP contribution in [0.3, 0.4) is 0 Å². The minimum Gasteiger partial charge on any atom is -0.508 e. The van der Waals surface area contributed by atoms with Crippen LogP contribution in [-0.4, -0.2) is 15.3 Å². The van der Waals surface area contributed by atoms with Gasteiger partial charge < -0.3 is 15.6 Å². The van der Waals surface area contributed by atoms with Crippen LogP contribution in [0.1, 0.15) is 17.0 Å². The van der Waals surface area contributed by atoms with E-state index >= 15 is 0 Å². The number of fused-ring (bicyclic) bond motifs is 1. The summed E-state index contributed by atoms with van der Waals surface area (Å²) in [6, 6.07) is 14.5. The first-order chi connectivity index (χ1) is 12.6. The van der Waals surface area contributed by atoms with Crippen LogP contribution in [0.4, 0.5) is 4.39 Å². The summed E-state index contributed by atoms with van der Waals surface area (Å²) in [7, 11) is 0. The molecule has 1 unspecified atom stereocenters. The van der Waals surface area contributed by atoms with Crippen LogP contribution in [0.15, 0.2) is 60.0 Å². The molecule has 26 heavy (non-hydrogen) atoms. The fraction of sp³-hybridized carbons (Fsp3) is 0.0526. The first-order valence-electron chi connectivity index (χ1n) is 7.79. The molecule has 0 radical (unpaired) electrons. The number of aromatic amines is 1. The number of nitrogens with two attached hydrogens (primary N) is 1. The Morgan fingerprint density at radius 3 is 2.69 bits per heavy atom. The molecule has 0 spiro atoms. The van der Waals surface area contributed by atoms with Crippen molar-refractivity contribution >= 4 is 0 Å². The monoisotopic (exact) mass is 348 g/mol. The minimum absolute atomic E-state index is 0.0366. The van der Waals surface area contributed by atoms with E-state index in [-0.39, 0.29) is 28.9 Å². The molecule has 4 N–H and O–H groups in total. The van der Waals surface area contributed by atoms with Gasteiger partial charge in [-0.15, -0.1) is 5.10 Å². The number of halogens is 1. The lowest BCUT2D eigenvalue weighted by molar-refractivity contribution is 0.378. The number of ether oxygens (including phenoxy) is 1. The Balaban J connectivity index is 1.95. The maximum Gasteiger partial charge on any atom is 0.244 e. The van der Waals surface area contributed by atoms with Crippen molar-refractivity contribution in [2.24, 2.45) is 5.73 Å². The van der Waals surface area contributed by atoms with E-state index in [1.807, 2.05) is 0 Å². The summed E-state index contributed by atoms with van der Waals surface area (Å²) >= 11 is 0. The molecule has 3 aromatic rings. The molecule has 0 saturated heterocycles. The van der Waals surface area contributed by atoms with Crippen LogP contribution in [0.5, 0.6) is 11.6 Å². The highest BCUT2D eigenvalue weighted by Crippen LogP contribution is 2.45. The lowest BCUT2D eigenvalue weighted by Crippen LogP contribution is -2.20. The maximum absolute atomic E-state index is 13.3. The highest BCUT2D eigenvalue weighted by Gasteiger charge is 2.35. The van der Waals surface area contributed by atoms with Crippen molar-refractivity contribution in [1.82, 2.24) is 10.2 Å². The van der Waals surface area contributed by atoms with Gasteiger partial charge in [0, 0.05) is 5.56 Å². The number of H-pyrrole nitrogens is 1. The first kappa shape index (κ1) is 15.7. The number of hydrogen-bond donors (Lipinski definition) is 3. The molecule has 7 heteroatoms. The van der Waals surface area contributed by atoms with Gasteiger partial charge in [0.2, 0.25) is 11.8 Å². The van der Waals surface area contributed by atoms with Crippen molar-refractivity contribution in [1.29, 1.82) is 5.26 Å². The standard InChI is InChI=1S/C19H13FN4O2/c20-12-6-4-10(5-7-12)17-16-15(11-2-1-3-13(25)8-11)14(9-21)18(22)26-19(16)24-23-17/h1-8,15,25H,22H2,(H,23,24). The Hall–Kier alpha value is -3.79. The average Bonchev–Trinajstić information content (AvgIpc) is 3.04. The average molecular weight is 348 g/mol. The lowest BCUT2D eigenvalue weighted by atomic mass is 9.83. The van der Waals surface area contributed by atoms with Crippen LogP contribution in [0.2, 0.25) is 0 Å². The van der Waals surface area contributed by atoms with E-state index in [0.29, 0.717) is 22.4 Å². The molecule has 2 heterocycles. The Kier molecular flexibility index (Phi) is 3.59. The highest BCUT2D eigenvalue weighted by molar-refractivity contribution is 5.70. The largest absolute Gasteiger partial charge is 0.508 e. The van der Waals surface area contributed by atoms with E-state index in [9.17, 15) is 14.8 Å². The number of rotatable bonds is 2. The number of nitrogens with zero attached hydrogens (tertiary/aromatic N) is 2. The van der Waals surface area contributed by atoms with Crippen molar-refractivity contribution < 1.29 is 14.2 Å². The molecule has 0 fully saturated rings. The molecule has 0 bridgehead atoms. The molecule has 6 nitrogen and oxygen atoms in total. The van der Waals surface area contributed by atoms with Crippen molar-refractivity contribution in [3.05, 3.63) is 76.9 Å². The van der Waals surface area contributed by atoms with Gasteiger partial charge in [-0.3, -0.25) is 5.10 Å². The normalized spacial score (nSPS) is 15.9. The van der Waals surface area contributed by atoms with Crippen LogP contribution in [0, 0.1) is 17.1 Å². The third-order valence-corrected chi connectivity index (χ3v) is 4.28. The smallest absolute Gasteiger partial charge is 0.244 e. The van der Waals surface area contributed by atoms with Gasteiger partial charge in [-0.1, -0.05) is 12.1 Å². The molecular formula is C19H13FN4O2. The molecule has 4 rings (SSSR count). The molecular weight excluding hydrogens is 335 g/mol. The van der Waals surface area contributed by atoms with Gasteiger partial charge in [-0.25, -0.2) is 4.39 Å². The quantitative estimate of drug-likeness (QED) is 0.659. The summed E-state index contributed by atoms with van der Waals surface area (Å²) in [5, 5.41) is 26.5. The second kappa shape index (κ2) is 5.93. The maximum atomic E-state index is 13.3. The zero-order valence-electron chi connectivity index (χ0n) is 13.4. The van der Waals surface area contributed by atoms with E-state index in [1.54, 1.807) is 36.4 Å². The fourth-order valence-corrected chi connectivity index (χ4v) is 3.12. The van der Waals surface area contributed by atoms with Crippen LogP contribution in [0.25, 0.3) is 11.3 Å². The number of hydrogen-bond acceptors (Lipinski definition) is 5. The summed E-state index contributed by atoms with van der Waals surface area (Å²) in [5.74, 6) is -0.655. The number of allylic oxidation sites excluding steroid dienone is 1. The zero-order chi connectivity index (χ0) is 18.3. The van der Waals surface area contributed by atoms with E-state index in [4.69, 9.17) is 10.5 Å². The first-order valence-corrected chi connectivity index (χ1v) is 7.79. The predicted molar refractivity (Wildman–Crippen MR) is 91.4 cm³/mol. The van der Waals surface area contributed by atoms with Crippen LogP contribution >= 0.6 is 0 Å². The number of phenols is 1. The fourth-order valence-electron chi connectivity index (χ4n) is 3.12. The van der Waals surface area contributed by atoms with E-state index in [1.165, 1.54) is 12.1 Å². The molecule has 1 aliphatic rings. The van der Waals surface area contributed by atoms with Crippen molar-refractivity contribution in [2.45, 2.75) is 5.92 Å².